The van der Waals surface area contributed by atoms with Crippen LogP contribution in [0.3, 0.4) is 0 Å². The van der Waals surface area contributed by atoms with Crippen LogP contribution in [0.1, 0.15) is 50.5 Å². The number of amides is 1. The molecule has 5 nitrogen and oxygen atoms in total. The van der Waals surface area contributed by atoms with Gasteiger partial charge in [0.05, 0.1) is 0 Å². The van der Waals surface area contributed by atoms with E-state index in [-0.39, 0.29) is 24.3 Å². The minimum absolute atomic E-state index is 0.0255. The highest BCUT2D eigenvalue weighted by Gasteiger charge is 2.38. The number of aliphatic hydroxyl groups is 1. The van der Waals surface area contributed by atoms with Crippen molar-refractivity contribution in [3.8, 4) is 0 Å². The fourth-order valence-electron chi connectivity index (χ4n) is 4.08. The second-order valence-electron chi connectivity index (χ2n) is 7.43. The van der Waals surface area contributed by atoms with Crippen molar-refractivity contribution >= 4 is 28.5 Å². The van der Waals surface area contributed by atoms with Crippen LogP contribution in [0.5, 0.6) is 0 Å². The lowest BCUT2D eigenvalue weighted by Crippen LogP contribution is -2.42. The Morgan fingerprint density at radius 2 is 1.96 bits per heavy atom. The number of rotatable bonds is 7. The van der Waals surface area contributed by atoms with Gasteiger partial charge in [-0.2, -0.15) is 0 Å². The van der Waals surface area contributed by atoms with E-state index in [0.29, 0.717) is 18.8 Å². The molecule has 0 radical (unpaired) electrons. The standard InChI is InChI=1S/C22H30INO4/c1-2-27-22-18(7-6-14-25)19(16-8-10-17(23)11-9-16)15-20(28-22)21(26)24-12-4-3-5-13-24/h8-11,15,18-19,22,25H,2-7,12-14H2,1H3/t18-,19-,22-/m0/s1. The number of ether oxygens (including phenoxy) is 2. The van der Waals surface area contributed by atoms with Crippen LogP contribution in [0.2, 0.25) is 0 Å². The zero-order chi connectivity index (χ0) is 19.9. The van der Waals surface area contributed by atoms with Crippen molar-refractivity contribution < 1.29 is 19.4 Å². The number of piperidine rings is 1. The van der Waals surface area contributed by atoms with Crippen LogP contribution in [0.15, 0.2) is 36.1 Å². The lowest BCUT2D eigenvalue weighted by molar-refractivity contribution is -0.170. The molecule has 1 N–H and O–H groups in total. The van der Waals surface area contributed by atoms with Gasteiger partial charge in [-0.25, -0.2) is 0 Å². The van der Waals surface area contributed by atoms with Gasteiger partial charge in [-0.15, -0.1) is 0 Å². The molecule has 6 heteroatoms. The van der Waals surface area contributed by atoms with Crippen LogP contribution in [0.4, 0.5) is 0 Å². The lowest BCUT2D eigenvalue weighted by Gasteiger charge is -2.38. The number of hydrogen-bond acceptors (Lipinski definition) is 4. The maximum Gasteiger partial charge on any atom is 0.288 e. The van der Waals surface area contributed by atoms with Gasteiger partial charge >= 0.3 is 0 Å². The molecule has 0 unspecified atom stereocenters. The molecule has 1 aromatic carbocycles. The molecule has 28 heavy (non-hydrogen) atoms. The van der Waals surface area contributed by atoms with Crippen LogP contribution < -0.4 is 0 Å². The molecule has 2 aliphatic heterocycles. The average molecular weight is 499 g/mol. The van der Waals surface area contributed by atoms with Gasteiger partial charge in [0, 0.05) is 41.7 Å². The Morgan fingerprint density at radius 1 is 1.25 bits per heavy atom. The molecule has 0 bridgehead atoms. The normalized spacial score (nSPS) is 25.2. The predicted octanol–water partition coefficient (Wildman–Crippen LogP) is 4.05. The van der Waals surface area contributed by atoms with E-state index in [4.69, 9.17) is 9.47 Å². The second-order valence-corrected chi connectivity index (χ2v) is 8.68. The first kappa shape index (κ1) is 21.6. The monoisotopic (exact) mass is 499 g/mol. The van der Waals surface area contributed by atoms with Crippen molar-refractivity contribution in [3.63, 3.8) is 0 Å². The van der Waals surface area contributed by atoms with E-state index in [9.17, 15) is 9.90 Å². The molecule has 1 fully saturated rings. The van der Waals surface area contributed by atoms with E-state index < -0.39 is 6.29 Å². The summed E-state index contributed by atoms with van der Waals surface area (Å²) in [5, 5.41) is 9.36. The Hall–Kier alpha value is -1.12. The third kappa shape index (κ3) is 5.27. The lowest BCUT2D eigenvalue weighted by atomic mass is 9.80. The van der Waals surface area contributed by atoms with E-state index in [0.717, 1.165) is 37.9 Å². The van der Waals surface area contributed by atoms with Gasteiger partial charge in [-0.1, -0.05) is 12.1 Å². The maximum atomic E-state index is 13.1. The highest BCUT2D eigenvalue weighted by Crippen LogP contribution is 2.40. The summed E-state index contributed by atoms with van der Waals surface area (Å²) in [6.07, 6.45) is 6.24. The van der Waals surface area contributed by atoms with Crippen LogP contribution >= 0.6 is 22.6 Å². The Labute approximate surface area is 181 Å². The summed E-state index contributed by atoms with van der Waals surface area (Å²) in [5.41, 5.74) is 1.15. The number of carbonyl (C=O) groups excluding carboxylic acids is 1. The fourth-order valence-corrected chi connectivity index (χ4v) is 4.43. The number of nitrogens with zero attached hydrogens (tertiary/aromatic N) is 1. The summed E-state index contributed by atoms with van der Waals surface area (Å²) in [5.74, 6) is 0.465. The summed E-state index contributed by atoms with van der Waals surface area (Å²) in [6.45, 7) is 4.18. The molecule has 1 aromatic rings. The van der Waals surface area contributed by atoms with E-state index in [1.165, 1.54) is 9.99 Å². The maximum absolute atomic E-state index is 13.1. The number of carbonyl (C=O) groups is 1. The molecule has 0 aromatic heterocycles. The predicted molar refractivity (Wildman–Crippen MR) is 117 cm³/mol. The van der Waals surface area contributed by atoms with Crippen molar-refractivity contribution in [1.29, 1.82) is 0 Å². The van der Waals surface area contributed by atoms with Gasteiger partial charge in [0.15, 0.2) is 5.76 Å². The molecule has 3 atom stereocenters. The minimum Gasteiger partial charge on any atom is -0.459 e. The summed E-state index contributed by atoms with van der Waals surface area (Å²) < 4.78 is 13.2. The van der Waals surface area contributed by atoms with Gasteiger partial charge in [0.1, 0.15) is 0 Å². The number of aliphatic hydroxyl groups excluding tert-OH is 1. The topological polar surface area (TPSA) is 59.0 Å². The fraction of sp³-hybridized carbons (Fsp3) is 0.591. The number of halogens is 1. The molecule has 2 heterocycles. The smallest absolute Gasteiger partial charge is 0.288 e. The Morgan fingerprint density at radius 3 is 2.61 bits per heavy atom. The first-order valence-corrected chi connectivity index (χ1v) is 11.4. The SMILES string of the molecule is CCO[C@H]1OC(C(=O)N2CCCCC2)=C[C@@H](c2ccc(I)cc2)[C@@H]1CCCO. The molecule has 3 rings (SSSR count). The molecule has 1 saturated heterocycles. The number of benzene rings is 1. The Kier molecular flexibility index (Phi) is 8.17. The van der Waals surface area contributed by atoms with E-state index in [1.54, 1.807) is 0 Å². The van der Waals surface area contributed by atoms with Crippen LogP contribution in [0, 0.1) is 9.49 Å². The molecule has 2 aliphatic rings. The van der Waals surface area contributed by atoms with Crippen LogP contribution in [-0.2, 0) is 14.3 Å². The van der Waals surface area contributed by atoms with Crippen molar-refractivity contribution in [3.05, 3.63) is 45.2 Å². The first-order chi connectivity index (χ1) is 13.6. The van der Waals surface area contributed by atoms with Gasteiger partial charge < -0.3 is 19.5 Å². The zero-order valence-electron chi connectivity index (χ0n) is 16.5. The van der Waals surface area contributed by atoms with Gasteiger partial charge in [0.2, 0.25) is 6.29 Å². The quantitative estimate of drug-likeness (QED) is 0.576. The van der Waals surface area contributed by atoms with Crippen molar-refractivity contribution in [2.24, 2.45) is 5.92 Å². The third-order valence-corrected chi connectivity index (χ3v) is 6.24. The van der Waals surface area contributed by atoms with E-state index in [1.807, 2.05) is 17.9 Å². The third-order valence-electron chi connectivity index (χ3n) is 5.52. The molecule has 0 spiro atoms. The number of likely N-dealkylation sites (tertiary alicyclic amines) is 1. The van der Waals surface area contributed by atoms with Crippen molar-refractivity contribution in [1.82, 2.24) is 4.90 Å². The van der Waals surface area contributed by atoms with Crippen molar-refractivity contribution in [2.75, 3.05) is 26.3 Å². The number of hydrogen-bond donors (Lipinski definition) is 1. The highest BCUT2D eigenvalue weighted by atomic mass is 127. The summed E-state index contributed by atoms with van der Waals surface area (Å²) in [6, 6.07) is 8.41. The molecule has 154 valence electrons. The van der Waals surface area contributed by atoms with Crippen LogP contribution in [0.25, 0.3) is 0 Å². The average Bonchev–Trinajstić information content (AvgIpc) is 2.73. The van der Waals surface area contributed by atoms with E-state index >= 15 is 0 Å². The van der Waals surface area contributed by atoms with Crippen LogP contribution in [-0.4, -0.2) is 48.5 Å². The van der Waals surface area contributed by atoms with Crippen molar-refractivity contribution in [2.45, 2.75) is 51.2 Å². The van der Waals surface area contributed by atoms with Gasteiger partial charge in [0.25, 0.3) is 5.91 Å². The van der Waals surface area contributed by atoms with Gasteiger partial charge in [-0.05, 0) is 85.4 Å². The van der Waals surface area contributed by atoms with E-state index in [2.05, 4.69) is 46.9 Å². The summed E-state index contributed by atoms with van der Waals surface area (Å²) in [7, 11) is 0. The zero-order valence-corrected chi connectivity index (χ0v) is 18.6. The summed E-state index contributed by atoms with van der Waals surface area (Å²) >= 11 is 2.30. The Balaban J connectivity index is 1.92. The molecular weight excluding hydrogens is 469 g/mol. The minimum atomic E-state index is -0.477. The molecule has 1 amide bonds. The highest BCUT2D eigenvalue weighted by molar-refractivity contribution is 14.1. The molecular formula is C22H30INO4. The molecule has 0 aliphatic carbocycles. The molecule has 0 saturated carbocycles. The van der Waals surface area contributed by atoms with Gasteiger partial charge in [-0.3, -0.25) is 4.79 Å². The second kappa shape index (κ2) is 10.6. The number of allylic oxidation sites excluding steroid dienone is 1. The first-order valence-electron chi connectivity index (χ1n) is 10.3. The summed E-state index contributed by atoms with van der Waals surface area (Å²) in [4.78, 5) is 15.0. The largest absolute Gasteiger partial charge is 0.459 e. The Bertz CT molecular complexity index is 670.